The topological polar surface area (TPSA) is 133 Å². The number of hydrogen-bond donors (Lipinski definition) is 5. The van der Waals surface area contributed by atoms with Crippen LogP contribution < -0.4 is 30.7 Å². The maximum absolute atomic E-state index is 15.8. The standard InChI is InChI=1S/C50H48F3N7O4/c51-36-29-40(50(64)41(30-36)34-11-12-56-46(28-34)59-20-15-55-16-21-59)33-7-9-44(42(52)26-33)57-47(61)24-31-22-35(25-37(23-31)58-18-13-54-14-19-58)39-5-3-4-38(49(39)63)32-8-10-45(43(53)27-32)60-17-2-1-6-48(60)62/h3-5,7-12,22-23,25-30,54-55,63-64H,1-2,6,13-21,24H2,(H,57,61). The van der Waals surface area contributed by atoms with Gasteiger partial charge in [0.05, 0.1) is 17.8 Å². The quantitative estimate of drug-likeness (QED) is 0.0927. The smallest absolute Gasteiger partial charge is 0.228 e. The Kier molecular flexibility index (Phi) is 12.2. The molecule has 11 nitrogen and oxygen atoms in total. The number of phenolic OH excluding ortho intramolecular Hbond substituents is 2. The molecule has 6 aromatic rings. The van der Waals surface area contributed by atoms with Crippen LogP contribution in [0.4, 0.5) is 36.1 Å². The summed E-state index contributed by atoms with van der Waals surface area (Å²) in [5.41, 5.74) is 4.63. The van der Waals surface area contributed by atoms with Crippen molar-refractivity contribution in [3.8, 4) is 56.0 Å². The van der Waals surface area contributed by atoms with Gasteiger partial charge in [-0.3, -0.25) is 9.59 Å². The SMILES string of the molecule is O=C(Cc1cc(-c2cccc(-c3ccc(N4CCCCC4=O)c(F)c3)c2O)cc(N2CCNCC2)c1)Nc1ccc(-c2cc(F)cc(-c3ccnc(N4CCNCC4)c3)c2O)cc1F. The molecule has 0 spiro atoms. The highest BCUT2D eigenvalue weighted by molar-refractivity contribution is 5.95. The molecule has 1 aromatic heterocycles. The van der Waals surface area contributed by atoms with E-state index >= 15 is 13.2 Å². The minimum Gasteiger partial charge on any atom is -0.507 e. The number of benzene rings is 5. The Morgan fingerprint density at radius 1 is 0.656 bits per heavy atom. The summed E-state index contributed by atoms with van der Waals surface area (Å²) < 4.78 is 46.5. The number of piperidine rings is 1. The Labute approximate surface area is 369 Å². The van der Waals surface area contributed by atoms with Crippen LogP contribution in [-0.4, -0.2) is 85.9 Å². The van der Waals surface area contributed by atoms with E-state index in [4.69, 9.17) is 0 Å². The van der Waals surface area contributed by atoms with Crippen molar-refractivity contribution in [1.82, 2.24) is 15.6 Å². The number of aromatic hydroxyl groups is 2. The van der Waals surface area contributed by atoms with Crippen molar-refractivity contribution in [2.24, 2.45) is 0 Å². The molecule has 0 unspecified atom stereocenters. The largest absolute Gasteiger partial charge is 0.507 e. The lowest BCUT2D eigenvalue weighted by atomic mass is 9.94. The molecular weight excluding hydrogens is 820 g/mol. The molecule has 3 saturated heterocycles. The summed E-state index contributed by atoms with van der Waals surface area (Å²) in [4.78, 5) is 36.4. The lowest BCUT2D eigenvalue weighted by molar-refractivity contribution is -0.119. The van der Waals surface area contributed by atoms with E-state index in [9.17, 15) is 19.8 Å². The number of amides is 2. The van der Waals surface area contributed by atoms with Gasteiger partial charge in [-0.25, -0.2) is 18.2 Å². The van der Waals surface area contributed by atoms with E-state index in [1.54, 1.807) is 54.7 Å². The molecule has 0 aliphatic carbocycles. The van der Waals surface area contributed by atoms with Crippen LogP contribution in [0.2, 0.25) is 0 Å². The van der Waals surface area contributed by atoms with E-state index in [1.807, 2.05) is 12.1 Å². The molecule has 5 aromatic carbocycles. The minimum absolute atomic E-state index is 0.0732. The summed E-state index contributed by atoms with van der Waals surface area (Å²) in [6.07, 6.45) is 3.44. The third-order valence-corrected chi connectivity index (χ3v) is 12.2. The zero-order valence-electron chi connectivity index (χ0n) is 35.1. The van der Waals surface area contributed by atoms with E-state index in [0.29, 0.717) is 65.3 Å². The van der Waals surface area contributed by atoms with Crippen LogP contribution in [0.15, 0.2) is 103 Å². The molecule has 2 amide bonds. The van der Waals surface area contributed by atoms with Crippen molar-refractivity contribution < 1.29 is 33.0 Å². The van der Waals surface area contributed by atoms with Crippen LogP contribution in [0.1, 0.15) is 24.8 Å². The van der Waals surface area contributed by atoms with Gasteiger partial charge < -0.3 is 40.9 Å². The average Bonchev–Trinajstić information content (AvgIpc) is 3.31. The summed E-state index contributed by atoms with van der Waals surface area (Å²) in [7, 11) is 0. The molecule has 0 atom stereocenters. The highest BCUT2D eigenvalue weighted by Gasteiger charge is 2.24. The molecule has 5 N–H and O–H groups in total. The van der Waals surface area contributed by atoms with Crippen LogP contribution >= 0.6 is 0 Å². The number of carbonyl (C=O) groups excluding carboxylic acids is 2. The van der Waals surface area contributed by atoms with Gasteiger partial charge in [0.15, 0.2) is 0 Å². The van der Waals surface area contributed by atoms with Gasteiger partial charge in [-0.1, -0.05) is 36.4 Å². The van der Waals surface area contributed by atoms with Gasteiger partial charge >= 0.3 is 0 Å². The second-order valence-corrected chi connectivity index (χ2v) is 16.4. The number of piperazine rings is 2. The Morgan fingerprint density at radius 3 is 2.00 bits per heavy atom. The second kappa shape index (κ2) is 18.4. The molecular formula is C50H48F3N7O4. The zero-order valence-corrected chi connectivity index (χ0v) is 35.1. The Morgan fingerprint density at radius 2 is 1.30 bits per heavy atom. The number of rotatable bonds is 10. The third kappa shape index (κ3) is 8.97. The van der Waals surface area contributed by atoms with Crippen LogP contribution in [0.3, 0.4) is 0 Å². The summed E-state index contributed by atoms with van der Waals surface area (Å²) in [6.45, 7) is 6.54. The zero-order chi connectivity index (χ0) is 44.3. The predicted molar refractivity (Wildman–Crippen MR) is 244 cm³/mol. The normalized spacial score (nSPS) is 15.7. The number of pyridine rings is 1. The van der Waals surface area contributed by atoms with Crippen LogP contribution in [0, 0.1) is 17.5 Å². The number of anilines is 4. The van der Waals surface area contributed by atoms with Crippen molar-refractivity contribution >= 4 is 34.7 Å². The first-order chi connectivity index (χ1) is 31.1. The molecule has 64 heavy (non-hydrogen) atoms. The second-order valence-electron chi connectivity index (χ2n) is 16.4. The van der Waals surface area contributed by atoms with Crippen molar-refractivity contribution in [2.75, 3.05) is 78.9 Å². The molecule has 3 fully saturated rings. The summed E-state index contributed by atoms with van der Waals surface area (Å²) in [6, 6.07) is 25.4. The Hall–Kier alpha value is -6.90. The van der Waals surface area contributed by atoms with Crippen molar-refractivity contribution in [3.05, 3.63) is 126 Å². The van der Waals surface area contributed by atoms with E-state index in [0.717, 1.165) is 69.9 Å². The van der Waals surface area contributed by atoms with Crippen molar-refractivity contribution in [1.29, 1.82) is 0 Å². The maximum atomic E-state index is 15.8. The van der Waals surface area contributed by atoms with E-state index in [2.05, 4.69) is 30.7 Å². The van der Waals surface area contributed by atoms with E-state index in [1.165, 1.54) is 29.2 Å². The number of para-hydroxylation sites is 1. The summed E-state index contributed by atoms with van der Waals surface area (Å²) in [5.74, 6) is -2.14. The number of carbonyl (C=O) groups is 2. The van der Waals surface area contributed by atoms with Crippen LogP contribution in [-0.2, 0) is 16.0 Å². The third-order valence-electron chi connectivity index (χ3n) is 12.2. The summed E-state index contributed by atoms with van der Waals surface area (Å²) in [5, 5.41) is 32.5. The molecule has 0 saturated carbocycles. The van der Waals surface area contributed by atoms with Gasteiger partial charge in [-0.05, 0) is 101 Å². The van der Waals surface area contributed by atoms with E-state index < -0.39 is 23.4 Å². The molecule has 328 valence electrons. The van der Waals surface area contributed by atoms with Gasteiger partial charge in [0.25, 0.3) is 0 Å². The first-order valence-corrected chi connectivity index (χ1v) is 21.7. The lowest BCUT2D eigenvalue weighted by Crippen LogP contribution is -2.43. The lowest BCUT2D eigenvalue weighted by Gasteiger charge is -2.30. The van der Waals surface area contributed by atoms with Crippen LogP contribution in [0.25, 0.3) is 44.5 Å². The molecule has 14 heteroatoms. The monoisotopic (exact) mass is 867 g/mol. The van der Waals surface area contributed by atoms with Gasteiger partial charge in [0, 0.05) is 99.5 Å². The van der Waals surface area contributed by atoms with Gasteiger partial charge in [0.1, 0.15) is 34.8 Å². The predicted octanol–water partition coefficient (Wildman–Crippen LogP) is 8.10. The Balaban J connectivity index is 0.963. The molecule has 3 aliphatic rings. The average molecular weight is 868 g/mol. The molecule has 4 heterocycles. The number of nitrogens with zero attached hydrogens (tertiary/aromatic N) is 4. The highest BCUT2D eigenvalue weighted by Crippen LogP contribution is 2.42. The van der Waals surface area contributed by atoms with Crippen LogP contribution in [0.5, 0.6) is 11.5 Å². The van der Waals surface area contributed by atoms with Crippen molar-refractivity contribution in [3.63, 3.8) is 0 Å². The maximum Gasteiger partial charge on any atom is 0.228 e. The fraction of sp³-hybridized carbons (Fsp3) is 0.260. The molecule has 3 aliphatic heterocycles. The fourth-order valence-electron chi connectivity index (χ4n) is 8.86. The van der Waals surface area contributed by atoms with E-state index in [-0.39, 0.29) is 51.9 Å². The van der Waals surface area contributed by atoms with Gasteiger partial charge in [-0.15, -0.1) is 0 Å². The molecule has 0 bridgehead atoms. The molecule has 0 radical (unpaired) electrons. The summed E-state index contributed by atoms with van der Waals surface area (Å²) >= 11 is 0. The minimum atomic E-state index is -0.773. The fourth-order valence-corrected chi connectivity index (χ4v) is 8.86. The first kappa shape index (κ1) is 42.4. The number of hydrogen-bond acceptors (Lipinski definition) is 9. The van der Waals surface area contributed by atoms with Crippen molar-refractivity contribution in [2.45, 2.75) is 25.7 Å². The highest BCUT2D eigenvalue weighted by atomic mass is 19.1. The van der Waals surface area contributed by atoms with Gasteiger partial charge in [0.2, 0.25) is 11.8 Å². The molecule has 9 rings (SSSR count). The number of nitrogens with one attached hydrogen (secondary N) is 3. The number of aromatic nitrogens is 1. The number of phenols is 2. The first-order valence-electron chi connectivity index (χ1n) is 21.7. The van der Waals surface area contributed by atoms with Gasteiger partial charge in [-0.2, -0.15) is 0 Å². The number of halogens is 3. The Bertz CT molecular complexity index is 2740.